The lowest BCUT2D eigenvalue weighted by molar-refractivity contribution is -0.274. The van der Waals surface area contributed by atoms with Crippen molar-refractivity contribution in [3.05, 3.63) is 76.3 Å². The van der Waals surface area contributed by atoms with Crippen molar-refractivity contribution in [1.29, 1.82) is 0 Å². The molecule has 0 aliphatic heterocycles. The lowest BCUT2D eigenvalue weighted by atomic mass is 10.1. The molecule has 0 unspecified atom stereocenters. The molecule has 15 heteroatoms. The zero-order chi connectivity index (χ0) is 26.2. The van der Waals surface area contributed by atoms with Gasteiger partial charge in [0.25, 0.3) is 11.5 Å². The van der Waals surface area contributed by atoms with Crippen LogP contribution in [0.1, 0.15) is 15.9 Å². The number of carboxylic acid groups (broad SMARTS) is 1. The van der Waals surface area contributed by atoms with Crippen LogP contribution in [0.15, 0.2) is 59.7 Å². The first-order valence-electron chi connectivity index (χ1n) is 9.19. The van der Waals surface area contributed by atoms with Gasteiger partial charge >= 0.3 is 18.5 Å². The first-order valence-corrected chi connectivity index (χ1v) is 9.19. The number of nitrogens with zero attached hydrogens (tertiary/aromatic N) is 2. The monoisotopic (exact) mass is 504 g/mol. The number of halogens is 6. The van der Waals surface area contributed by atoms with Crippen molar-refractivity contribution in [1.82, 2.24) is 20.5 Å². The highest BCUT2D eigenvalue weighted by Gasteiger charge is 2.38. The molecule has 0 fully saturated rings. The second kappa shape index (κ2) is 11.1. The number of aromatic amines is 1. The van der Waals surface area contributed by atoms with Gasteiger partial charge in [0.1, 0.15) is 11.3 Å². The number of aromatic nitrogens is 3. The highest BCUT2D eigenvalue weighted by Crippen LogP contribution is 2.23. The van der Waals surface area contributed by atoms with Gasteiger partial charge in [-0.05, 0) is 35.9 Å². The Hall–Kier alpha value is -4.43. The maximum Gasteiger partial charge on any atom is 0.573 e. The molecule has 0 spiro atoms. The van der Waals surface area contributed by atoms with Crippen molar-refractivity contribution in [2.45, 2.75) is 19.1 Å². The molecule has 9 nitrogen and oxygen atoms in total. The van der Waals surface area contributed by atoms with Crippen LogP contribution in [-0.2, 0) is 11.3 Å². The summed E-state index contributed by atoms with van der Waals surface area (Å²) in [6.07, 6.45) is -6.81. The van der Waals surface area contributed by atoms with E-state index in [-0.39, 0.29) is 12.1 Å². The molecule has 1 aromatic carbocycles. The highest BCUT2D eigenvalue weighted by atomic mass is 19.4. The van der Waals surface area contributed by atoms with E-state index in [1.165, 1.54) is 30.6 Å². The number of H-pyrrole nitrogens is 1. The Balaban J connectivity index is 0.000000540. The molecule has 3 rings (SSSR count). The number of benzene rings is 1. The summed E-state index contributed by atoms with van der Waals surface area (Å²) in [5, 5.41) is 15.8. The molecular weight excluding hydrogens is 490 g/mol. The van der Waals surface area contributed by atoms with Gasteiger partial charge in [0.05, 0.1) is 5.69 Å². The van der Waals surface area contributed by atoms with Crippen LogP contribution in [0.3, 0.4) is 0 Å². The number of rotatable bonds is 5. The van der Waals surface area contributed by atoms with Crippen molar-refractivity contribution in [2.24, 2.45) is 0 Å². The minimum Gasteiger partial charge on any atom is -0.475 e. The normalized spacial score (nSPS) is 11.1. The number of ether oxygens (including phenoxy) is 1. The molecule has 35 heavy (non-hydrogen) atoms. The zero-order valence-corrected chi connectivity index (χ0v) is 17.1. The van der Waals surface area contributed by atoms with Crippen LogP contribution in [0.5, 0.6) is 5.75 Å². The zero-order valence-electron chi connectivity index (χ0n) is 17.1. The topological polar surface area (TPSA) is 134 Å². The maximum atomic E-state index is 12.4. The lowest BCUT2D eigenvalue weighted by Gasteiger charge is -2.10. The SMILES string of the molecule is O=C(NCc1cccc(OC(F)(F)F)c1)c1cc(-c2ccncc2)n[nH]c1=O.O=C(O)C(F)(F)F. The molecule has 0 aliphatic rings. The minimum absolute atomic E-state index is 0.0970. The third-order valence-electron chi connectivity index (χ3n) is 3.85. The molecule has 186 valence electrons. The summed E-state index contributed by atoms with van der Waals surface area (Å²) in [5.74, 6) is -3.85. The number of carboxylic acids is 1. The van der Waals surface area contributed by atoms with Gasteiger partial charge in [0, 0.05) is 24.5 Å². The van der Waals surface area contributed by atoms with Crippen LogP contribution in [-0.4, -0.2) is 44.7 Å². The van der Waals surface area contributed by atoms with E-state index in [0.717, 1.165) is 12.1 Å². The van der Waals surface area contributed by atoms with E-state index in [2.05, 4.69) is 25.2 Å². The number of amides is 1. The van der Waals surface area contributed by atoms with E-state index < -0.39 is 35.7 Å². The molecule has 1 amide bonds. The van der Waals surface area contributed by atoms with E-state index in [0.29, 0.717) is 16.8 Å². The second-order valence-corrected chi connectivity index (χ2v) is 6.41. The number of hydrogen-bond acceptors (Lipinski definition) is 6. The first kappa shape index (κ1) is 26.8. The van der Waals surface area contributed by atoms with Gasteiger partial charge < -0.3 is 15.2 Å². The van der Waals surface area contributed by atoms with Crippen LogP contribution in [0, 0.1) is 0 Å². The fraction of sp³-hybridized carbons (Fsp3) is 0.150. The van der Waals surface area contributed by atoms with Gasteiger partial charge in [-0.15, -0.1) is 13.2 Å². The summed E-state index contributed by atoms with van der Waals surface area (Å²) in [5.41, 5.74) is 0.522. The smallest absolute Gasteiger partial charge is 0.475 e. The lowest BCUT2D eigenvalue weighted by Crippen LogP contribution is -2.29. The van der Waals surface area contributed by atoms with Crippen LogP contribution in [0.2, 0.25) is 0 Å². The molecule has 2 heterocycles. The van der Waals surface area contributed by atoms with Crippen LogP contribution >= 0.6 is 0 Å². The molecule has 3 aromatic rings. The Bertz CT molecular complexity index is 1230. The van der Waals surface area contributed by atoms with Crippen LogP contribution in [0.25, 0.3) is 11.3 Å². The fourth-order valence-electron chi connectivity index (χ4n) is 2.38. The number of alkyl halides is 6. The van der Waals surface area contributed by atoms with Gasteiger partial charge in [-0.25, -0.2) is 9.89 Å². The first-order chi connectivity index (χ1) is 16.3. The van der Waals surface area contributed by atoms with E-state index in [4.69, 9.17) is 9.90 Å². The highest BCUT2D eigenvalue weighted by molar-refractivity contribution is 5.94. The molecular formula is C20H14F6N4O5. The maximum absolute atomic E-state index is 12.4. The van der Waals surface area contributed by atoms with Crippen molar-refractivity contribution >= 4 is 11.9 Å². The number of carbonyl (C=O) groups excluding carboxylic acids is 1. The summed E-state index contributed by atoms with van der Waals surface area (Å²) in [6, 6.07) is 9.82. The summed E-state index contributed by atoms with van der Waals surface area (Å²) >= 11 is 0. The molecule has 0 saturated carbocycles. The van der Waals surface area contributed by atoms with E-state index in [1.807, 2.05) is 0 Å². The van der Waals surface area contributed by atoms with E-state index in [9.17, 15) is 35.9 Å². The third kappa shape index (κ3) is 8.79. The Morgan fingerprint density at radius 3 is 2.23 bits per heavy atom. The summed E-state index contributed by atoms with van der Waals surface area (Å²) in [7, 11) is 0. The molecule has 3 N–H and O–H groups in total. The van der Waals surface area contributed by atoms with Crippen LogP contribution in [0.4, 0.5) is 26.3 Å². The average Bonchev–Trinajstić information content (AvgIpc) is 2.77. The molecule has 0 aliphatic carbocycles. The van der Waals surface area contributed by atoms with E-state index in [1.54, 1.807) is 12.1 Å². The quantitative estimate of drug-likeness (QED) is 0.454. The van der Waals surface area contributed by atoms with Gasteiger partial charge in [-0.3, -0.25) is 14.6 Å². The standard InChI is InChI=1S/C18H13F3N4O3.C2HF3O2/c19-18(20,21)28-13-3-1-2-11(8-13)10-23-16(26)14-9-15(24-25-17(14)27)12-4-6-22-7-5-12;3-2(4,5)1(6)7/h1-9H,10H2,(H,23,26)(H,25,27);(H,6,7). The summed E-state index contributed by atoms with van der Waals surface area (Å²) in [6.45, 7) is -0.0970. The largest absolute Gasteiger partial charge is 0.573 e. The van der Waals surface area contributed by atoms with Crippen molar-refractivity contribution in [3.8, 4) is 17.0 Å². The molecule has 0 radical (unpaired) electrons. The van der Waals surface area contributed by atoms with Crippen molar-refractivity contribution < 1.29 is 45.8 Å². The Morgan fingerprint density at radius 1 is 1.03 bits per heavy atom. The molecule has 2 aromatic heterocycles. The Kier molecular flexibility index (Phi) is 8.53. The van der Waals surface area contributed by atoms with Gasteiger partial charge in [0.2, 0.25) is 0 Å². The molecule has 0 bridgehead atoms. The Morgan fingerprint density at radius 2 is 1.66 bits per heavy atom. The molecule has 0 atom stereocenters. The van der Waals surface area contributed by atoms with Gasteiger partial charge in [0.15, 0.2) is 0 Å². The molecule has 0 saturated heterocycles. The average molecular weight is 504 g/mol. The van der Waals surface area contributed by atoms with Crippen molar-refractivity contribution in [2.75, 3.05) is 0 Å². The number of pyridine rings is 1. The Labute approximate surface area is 191 Å². The predicted molar refractivity (Wildman–Crippen MR) is 106 cm³/mol. The fourth-order valence-corrected chi connectivity index (χ4v) is 2.38. The van der Waals surface area contributed by atoms with Crippen LogP contribution < -0.4 is 15.6 Å². The predicted octanol–water partition coefficient (Wildman–Crippen LogP) is 3.29. The minimum atomic E-state index is -5.08. The number of nitrogens with one attached hydrogen (secondary N) is 2. The number of aliphatic carboxylic acids is 1. The number of hydrogen-bond donors (Lipinski definition) is 3. The van der Waals surface area contributed by atoms with Gasteiger partial charge in [-0.2, -0.15) is 18.3 Å². The second-order valence-electron chi connectivity index (χ2n) is 6.41. The van der Waals surface area contributed by atoms with Gasteiger partial charge in [-0.1, -0.05) is 12.1 Å². The summed E-state index contributed by atoms with van der Waals surface area (Å²) < 4.78 is 72.4. The third-order valence-corrected chi connectivity index (χ3v) is 3.85. The van der Waals surface area contributed by atoms with Crippen molar-refractivity contribution in [3.63, 3.8) is 0 Å². The van der Waals surface area contributed by atoms with E-state index >= 15 is 0 Å². The summed E-state index contributed by atoms with van der Waals surface area (Å²) in [4.78, 5) is 37.1. The number of carbonyl (C=O) groups is 2.